The SMILES string of the molecule is Cc1c(C#N)cccc1[C@@H](N)Nc1nnc(C)c2cnc(N3CCN(CCO)CC3)cc12. The smallest absolute Gasteiger partial charge is 0.158 e. The second-order valence-corrected chi connectivity index (χ2v) is 8.03. The van der Waals surface area contributed by atoms with E-state index in [-0.39, 0.29) is 6.61 Å². The van der Waals surface area contributed by atoms with E-state index >= 15 is 0 Å². The van der Waals surface area contributed by atoms with Crippen LogP contribution in [0.4, 0.5) is 11.6 Å². The quantitative estimate of drug-likeness (QED) is 0.499. The number of nitrogens with one attached hydrogen (secondary N) is 1. The molecule has 0 saturated carbocycles. The molecule has 0 amide bonds. The average molecular weight is 433 g/mol. The first-order valence-corrected chi connectivity index (χ1v) is 10.7. The summed E-state index contributed by atoms with van der Waals surface area (Å²) in [5.74, 6) is 1.47. The maximum atomic E-state index is 9.33. The molecule has 9 heteroatoms. The summed E-state index contributed by atoms with van der Waals surface area (Å²) in [6, 6.07) is 9.77. The predicted octanol–water partition coefficient (Wildman–Crippen LogP) is 1.70. The molecule has 1 atom stereocenters. The molecule has 1 fully saturated rings. The van der Waals surface area contributed by atoms with Crippen LogP contribution >= 0.6 is 0 Å². The van der Waals surface area contributed by atoms with Crippen molar-refractivity contribution in [2.75, 3.05) is 49.5 Å². The van der Waals surface area contributed by atoms with Crippen molar-refractivity contribution in [2.45, 2.75) is 20.0 Å². The van der Waals surface area contributed by atoms with E-state index in [0.717, 1.165) is 59.6 Å². The third-order valence-corrected chi connectivity index (χ3v) is 6.07. The van der Waals surface area contributed by atoms with Gasteiger partial charge in [0.2, 0.25) is 0 Å². The molecular weight excluding hydrogens is 404 g/mol. The lowest BCUT2D eigenvalue weighted by molar-refractivity contribution is 0.188. The van der Waals surface area contributed by atoms with Crippen LogP contribution < -0.4 is 16.0 Å². The molecule has 32 heavy (non-hydrogen) atoms. The van der Waals surface area contributed by atoms with Gasteiger partial charge < -0.3 is 21.1 Å². The van der Waals surface area contributed by atoms with Crippen molar-refractivity contribution >= 4 is 22.4 Å². The number of pyridine rings is 1. The zero-order valence-corrected chi connectivity index (χ0v) is 18.4. The summed E-state index contributed by atoms with van der Waals surface area (Å²) in [7, 11) is 0. The number of fused-ring (bicyclic) bond motifs is 1. The summed E-state index contributed by atoms with van der Waals surface area (Å²) >= 11 is 0. The van der Waals surface area contributed by atoms with Crippen molar-refractivity contribution in [3.8, 4) is 6.07 Å². The van der Waals surface area contributed by atoms with E-state index in [4.69, 9.17) is 10.8 Å². The molecule has 0 aliphatic carbocycles. The average Bonchev–Trinajstić information content (AvgIpc) is 2.81. The molecule has 166 valence electrons. The molecular formula is C23H28N8O. The van der Waals surface area contributed by atoms with Gasteiger partial charge in [-0.25, -0.2) is 4.98 Å². The third-order valence-electron chi connectivity index (χ3n) is 6.07. The van der Waals surface area contributed by atoms with Gasteiger partial charge in [-0.2, -0.15) is 10.4 Å². The van der Waals surface area contributed by atoms with Crippen molar-refractivity contribution < 1.29 is 5.11 Å². The molecule has 0 unspecified atom stereocenters. The summed E-state index contributed by atoms with van der Waals surface area (Å²) in [4.78, 5) is 9.16. The molecule has 9 nitrogen and oxygen atoms in total. The Hall–Kier alpha value is -3.32. The summed E-state index contributed by atoms with van der Waals surface area (Å²) in [5, 5.41) is 32.3. The number of nitrogens with two attached hydrogens (primary N) is 1. The number of rotatable bonds is 6. The van der Waals surface area contributed by atoms with Gasteiger partial charge in [-0.1, -0.05) is 12.1 Å². The number of anilines is 2. The van der Waals surface area contributed by atoms with E-state index < -0.39 is 6.17 Å². The minimum atomic E-state index is -0.540. The van der Waals surface area contributed by atoms with Gasteiger partial charge in [-0.3, -0.25) is 4.90 Å². The zero-order valence-electron chi connectivity index (χ0n) is 18.4. The molecule has 1 saturated heterocycles. The van der Waals surface area contributed by atoms with Gasteiger partial charge in [0.15, 0.2) is 5.82 Å². The minimum Gasteiger partial charge on any atom is -0.395 e. The molecule has 3 heterocycles. The first kappa shape index (κ1) is 21.9. The zero-order chi connectivity index (χ0) is 22.7. The van der Waals surface area contributed by atoms with E-state index in [0.29, 0.717) is 17.9 Å². The van der Waals surface area contributed by atoms with Crippen molar-refractivity contribution in [1.29, 1.82) is 5.26 Å². The molecule has 1 aromatic carbocycles. The van der Waals surface area contributed by atoms with E-state index in [1.807, 2.05) is 38.2 Å². The van der Waals surface area contributed by atoms with Gasteiger partial charge in [0.25, 0.3) is 0 Å². The Morgan fingerprint density at radius 1 is 1.19 bits per heavy atom. The summed E-state index contributed by atoms with van der Waals surface area (Å²) in [6.07, 6.45) is 1.30. The number of aromatic nitrogens is 3. The first-order chi connectivity index (χ1) is 15.5. The molecule has 3 aromatic rings. The van der Waals surface area contributed by atoms with E-state index in [1.165, 1.54) is 0 Å². The predicted molar refractivity (Wildman–Crippen MR) is 124 cm³/mol. The van der Waals surface area contributed by atoms with Crippen LogP contribution in [0.5, 0.6) is 0 Å². The van der Waals surface area contributed by atoms with Crippen LogP contribution in [0.1, 0.15) is 28.6 Å². The molecule has 4 rings (SSSR count). The number of piperazine rings is 1. The largest absolute Gasteiger partial charge is 0.395 e. The Bertz CT molecular complexity index is 1150. The number of hydrogen-bond acceptors (Lipinski definition) is 9. The Balaban J connectivity index is 1.63. The lowest BCUT2D eigenvalue weighted by Gasteiger charge is -2.35. The highest BCUT2D eigenvalue weighted by atomic mass is 16.3. The lowest BCUT2D eigenvalue weighted by atomic mass is 10.0. The molecule has 0 bridgehead atoms. The van der Waals surface area contributed by atoms with E-state index in [2.05, 4.69) is 36.4 Å². The summed E-state index contributed by atoms with van der Waals surface area (Å²) in [6.45, 7) is 8.15. The topological polar surface area (TPSA) is 127 Å². The molecule has 2 aromatic heterocycles. The third kappa shape index (κ3) is 4.34. The minimum absolute atomic E-state index is 0.179. The second kappa shape index (κ2) is 9.44. The fourth-order valence-electron chi connectivity index (χ4n) is 4.12. The van der Waals surface area contributed by atoms with Gasteiger partial charge in [-0.15, -0.1) is 5.10 Å². The van der Waals surface area contributed by atoms with E-state index in [9.17, 15) is 5.26 Å². The standard InChI is InChI=1S/C23H28N8O/c1-15-17(13-24)4-3-5-18(15)22(25)27-23-19-12-21(26-14-20(19)16(2)28-29-23)31-8-6-30(7-9-31)10-11-32/h3-5,12,14,22,32H,6-11,25H2,1-2H3,(H,27,29)/t22-/m0/s1. The number of aryl methyl sites for hydroxylation is 1. The molecule has 0 spiro atoms. The number of β-amino-alcohol motifs (C(OH)–C–C–N with tert-alkyl or cyclic N) is 1. The summed E-state index contributed by atoms with van der Waals surface area (Å²) < 4.78 is 0. The summed E-state index contributed by atoms with van der Waals surface area (Å²) in [5.41, 5.74) is 9.56. The highest BCUT2D eigenvalue weighted by molar-refractivity contribution is 5.94. The van der Waals surface area contributed by atoms with Gasteiger partial charge in [-0.05, 0) is 37.1 Å². The van der Waals surface area contributed by atoms with Crippen LogP contribution in [-0.2, 0) is 0 Å². The molecule has 0 radical (unpaired) electrons. The number of aliphatic hydroxyl groups excluding tert-OH is 1. The maximum absolute atomic E-state index is 9.33. The molecule has 4 N–H and O–H groups in total. The van der Waals surface area contributed by atoms with Crippen molar-refractivity contribution in [3.05, 3.63) is 52.8 Å². The fraction of sp³-hybridized carbons (Fsp3) is 0.391. The van der Waals surface area contributed by atoms with Crippen molar-refractivity contribution in [1.82, 2.24) is 20.1 Å². The van der Waals surface area contributed by atoms with Gasteiger partial charge in [0.05, 0.1) is 23.9 Å². The van der Waals surface area contributed by atoms with Crippen LogP contribution in [-0.4, -0.2) is 64.5 Å². The van der Waals surface area contributed by atoms with E-state index in [1.54, 1.807) is 6.07 Å². The highest BCUT2D eigenvalue weighted by Gasteiger charge is 2.20. The number of hydrogen-bond donors (Lipinski definition) is 3. The van der Waals surface area contributed by atoms with Gasteiger partial charge in [0.1, 0.15) is 12.0 Å². The normalized spacial score (nSPS) is 15.5. The molecule has 1 aliphatic rings. The van der Waals surface area contributed by atoms with Crippen LogP contribution in [0.3, 0.4) is 0 Å². The van der Waals surface area contributed by atoms with Crippen LogP contribution in [0.2, 0.25) is 0 Å². The Morgan fingerprint density at radius 3 is 2.69 bits per heavy atom. The Kier molecular flexibility index (Phi) is 6.46. The van der Waals surface area contributed by atoms with Crippen LogP contribution in [0, 0.1) is 25.2 Å². The fourth-order valence-corrected chi connectivity index (χ4v) is 4.12. The second-order valence-electron chi connectivity index (χ2n) is 8.03. The number of nitrogens with zero attached hydrogens (tertiary/aromatic N) is 6. The first-order valence-electron chi connectivity index (χ1n) is 10.7. The van der Waals surface area contributed by atoms with Crippen molar-refractivity contribution in [2.24, 2.45) is 5.73 Å². The van der Waals surface area contributed by atoms with Crippen molar-refractivity contribution in [3.63, 3.8) is 0 Å². The highest BCUT2D eigenvalue weighted by Crippen LogP contribution is 2.29. The van der Waals surface area contributed by atoms with Crippen LogP contribution in [0.15, 0.2) is 30.5 Å². The maximum Gasteiger partial charge on any atom is 0.158 e. The Labute approximate surface area is 187 Å². The number of aliphatic hydroxyl groups is 1. The lowest BCUT2D eigenvalue weighted by Crippen LogP contribution is -2.47. The monoisotopic (exact) mass is 432 g/mol. The number of benzene rings is 1. The Morgan fingerprint density at radius 2 is 1.97 bits per heavy atom. The number of nitriles is 1. The van der Waals surface area contributed by atoms with Crippen LogP contribution in [0.25, 0.3) is 10.8 Å². The molecule has 1 aliphatic heterocycles. The van der Waals surface area contributed by atoms with Gasteiger partial charge >= 0.3 is 0 Å². The van der Waals surface area contributed by atoms with Gasteiger partial charge in [0, 0.05) is 49.7 Å².